The van der Waals surface area contributed by atoms with Crippen LogP contribution in [-0.4, -0.2) is 18.2 Å². The molecule has 0 aliphatic carbocycles. The van der Waals surface area contributed by atoms with Gasteiger partial charge in [-0.15, -0.1) is 0 Å². The summed E-state index contributed by atoms with van der Waals surface area (Å²) in [7, 11) is 0. The Bertz CT molecular complexity index is 363. The average molecular weight is 300 g/mol. The highest BCUT2D eigenvalue weighted by molar-refractivity contribution is 9.10. The van der Waals surface area contributed by atoms with Crippen molar-refractivity contribution < 1.29 is 5.11 Å². The quantitative estimate of drug-likeness (QED) is 0.889. The summed E-state index contributed by atoms with van der Waals surface area (Å²) in [5, 5.41) is 9.59. The molecule has 1 aromatic carbocycles. The van der Waals surface area contributed by atoms with Crippen LogP contribution >= 0.6 is 15.9 Å². The molecule has 0 bridgehead atoms. The van der Waals surface area contributed by atoms with Gasteiger partial charge in [0.1, 0.15) is 0 Å². The highest BCUT2D eigenvalue weighted by Crippen LogP contribution is 2.28. The van der Waals surface area contributed by atoms with Crippen molar-refractivity contribution in [3.8, 4) is 0 Å². The molecule has 0 aliphatic heterocycles. The number of rotatable bonds is 5. The molecule has 2 nitrogen and oxygen atoms in total. The molecular weight excluding hydrogens is 278 g/mol. The van der Waals surface area contributed by atoms with Crippen LogP contribution in [0.1, 0.15) is 39.4 Å². The van der Waals surface area contributed by atoms with Gasteiger partial charge in [-0.3, -0.25) is 0 Å². The van der Waals surface area contributed by atoms with Gasteiger partial charge in [-0.1, -0.05) is 35.8 Å². The van der Waals surface area contributed by atoms with E-state index >= 15 is 0 Å². The summed E-state index contributed by atoms with van der Waals surface area (Å²) in [5.41, 5.74) is 2.15. The fraction of sp³-hybridized carbons (Fsp3) is 0.571. The summed E-state index contributed by atoms with van der Waals surface area (Å²) in [6.45, 7) is 10.4. The number of hydrogen-bond acceptors (Lipinski definition) is 2. The lowest BCUT2D eigenvalue weighted by Gasteiger charge is -2.26. The van der Waals surface area contributed by atoms with E-state index in [9.17, 15) is 5.11 Å². The van der Waals surface area contributed by atoms with Crippen LogP contribution in [0, 0.1) is 5.92 Å². The zero-order chi connectivity index (χ0) is 13.0. The van der Waals surface area contributed by atoms with E-state index in [0.29, 0.717) is 5.92 Å². The number of anilines is 1. The van der Waals surface area contributed by atoms with Gasteiger partial charge in [0.2, 0.25) is 0 Å². The smallest absolute Gasteiger partial charge is 0.0772 e. The number of halogens is 1. The first kappa shape index (κ1) is 14.5. The Balaban J connectivity index is 2.94. The van der Waals surface area contributed by atoms with E-state index in [1.165, 1.54) is 5.69 Å². The molecule has 17 heavy (non-hydrogen) atoms. The van der Waals surface area contributed by atoms with Crippen LogP contribution < -0.4 is 4.90 Å². The number of benzene rings is 1. The van der Waals surface area contributed by atoms with Crippen molar-refractivity contribution in [3.05, 3.63) is 28.2 Å². The van der Waals surface area contributed by atoms with Gasteiger partial charge in [-0.25, -0.2) is 0 Å². The minimum Gasteiger partial charge on any atom is -0.389 e. The lowest BCUT2D eigenvalue weighted by atomic mass is 10.1. The summed E-state index contributed by atoms with van der Waals surface area (Å²) in [6.07, 6.45) is -0.432. The first-order valence-electron chi connectivity index (χ1n) is 6.18. The van der Waals surface area contributed by atoms with E-state index in [-0.39, 0.29) is 0 Å². The van der Waals surface area contributed by atoms with Gasteiger partial charge >= 0.3 is 0 Å². The molecule has 1 N–H and O–H groups in total. The van der Waals surface area contributed by atoms with Crippen LogP contribution in [0.5, 0.6) is 0 Å². The molecule has 0 radical (unpaired) electrons. The second-order valence-corrected chi connectivity index (χ2v) is 5.67. The topological polar surface area (TPSA) is 23.5 Å². The molecule has 0 fully saturated rings. The predicted octanol–water partition coefficient (Wildman–Crippen LogP) is 3.98. The molecule has 3 heteroatoms. The SMILES string of the molecule is CCN(CC(C)C)c1ccc([C@H](C)O)c(Br)c1. The van der Waals surface area contributed by atoms with Gasteiger partial charge in [0.25, 0.3) is 0 Å². The van der Waals surface area contributed by atoms with E-state index < -0.39 is 6.10 Å². The number of aliphatic hydroxyl groups excluding tert-OH is 1. The van der Waals surface area contributed by atoms with Crippen LogP contribution in [0.2, 0.25) is 0 Å². The Kier molecular flexibility index (Phi) is 5.47. The highest BCUT2D eigenvalue weighted by atomic mass is 79.9. The van der Waals surface area contributed by atoms with Gasteiger partial charge in [0, 0.05) is 23.2 Å². The second kappa shape index (κ2) is 6.41. The normalized spacial score (nSPS) is 12.9. The van der Waals surface area contributed by atoms with Crippen LogP contribution in [0.15, 0.2) is 22.7 Å². The zero-order valence-corrected chi connectivity index (χ0v) is 12.7. The van der Waals surface area contributed by atoms with Crippen molar-refractivity contribution in [2.45, 2.75) is 33.8 Å². The number of hydrogen-bond donors (Lipinski definition) is 1. The molecule has 0 unspecified atom stereocenters. The summed E-state index contributed by atoms with van der Waals surface area (Å²) in [6, 6.07) is 6.17. The molecule has 96 valence electrons. The van der Waals surface area contributed by atoms with Crippen molar-refractivity contribution >= 4 is 21.6 Å². The standard InChI is InChI=1S/C14H22BrNO/c1-5-16(9-10(2)3)12-6-7-13(11(4)17)14(15)8-12/h6-8,10-11,17H,5,9H2,1-4H3/t11-/m0/s1. The van der Waals surface area contributed by atoms with E-state index in [4.69, 9.17) is 0 Å². The molecule has 0 saturated heterocycles. The molecule has 1 rings (SSSR count). The van der Waals surface area contributed by atoms with Crippen molar-refractivity contribution in [1.29, 1.82) is 0 Å². The van der Waals surface area contributed by atoms with Crippen LogP contribution in [0.25, 0.3) is 0 Å². The van der Waals surface area contributed by atoms with Crippen LogP contribution in [-0.2, 0) is 0 Å². The van der Waals surface area contributed by atoms with Gasteiger partial charge in [0.15, 0.2) is 0 Å². The average Bonchev–Trinajstić information content (AvgIpc) is 2.24. The molecule has 0 spiro atoms. The lowest BCUT2D eigenvalue weighted by molar-refractivity contribution is 0.198. The maximum absolute atomic E-state index is 9.59. The van der Waals surface area contributed by atoms with Crippen molar-refractivity contribution in [3.63, 3.8) is 0 Å². The Morgan fingerprint density at radius 3 is 2.35 bits per heavy atom. The van der Waals surface area contributed by atoms with Gasteiger partial charge in [0.05, 0.1) is 6.10 Å². The molecule has 0 aliphatic rings. The van der Waals surface area contributed by atoms with Gasteiger partial charge in [-0.2, -0.15) is 0 Å². The summed E-state index contributed by atoms with van der Waals surface area (Å²) in [5.74, 6) is 0.644. The van der Waals surface area contributed by atoms with E-state index in [1.54, 1.807) is 6.92 Å². The largest absolute Gasteiger partial charge is 0.389 e. The summed E-state index contributed by atoms with van der Waals surface area (Å²) < 4.78 is 0.979. The third-order valence-corrected chi connectivity index (χ3v) is 3.45. The minimum atomic E-state index is -0.432. The van der Waals surface area contributed by atoms with E-state index in [0.717, 1.165) is 23.1 Å². The molecule has 1 atom stereocenters. The van der Waals surface area contributed by atoms with Crippen molar-refractivity contribution in [1.82, 2.24) is 0 Å². The van der Waals surface area contributed by atoms with Crippen molar-refractivity contribution in [2.75, 3.05) is 18.0 Å². The maximum atomic E-state index is 9.59. The molecule has 1 aromatic rings. The second-order valence-electron chi connectivity index (χ2n) is 4.81. The Hall–Kier alpha value is -0.540. The first-order chi connectivity index (χ1) is 7.95. The molecule has 0 saturated carbocycles. The number of nitrogens with zero attached hydrogens (tertiary/aromatic N) is 1. The molecular formula is C14H22BrNO. The molecule has 0 amide bonds. The number of aliphatic hydroxyl groups is 1. The summed E-state index contributed by atoms with van der Waals surface area (Å²) in [4.78, 5) is 2.35. The maximum Gasteiger partial charge on any atom is 0.0772 e. The van der Waals surface area contributed by atoms with E-state index in [1.807, 2.05) is 6.07 Å². The monoisotopic (exact) mass is 299 g/mol. The van der Waals surface area contributed by atoms with Gasteiger partial charge in [-0.05, 0) is 37.5 Å². The van der Waals surface area contributed by atoms with Crippen molar-refractivity contribution in [2.24, 2.45) is 5.92 Å². The lowest BCUT2D eigenvalue weighted by Crippen LogP contribution is -2.27. The third-order valence-electron chi connectivity index (χ3n) is 2.77. The van der Waals surface area contributed by atoms with Crippen LogP contribution in [0.3, 0.4) is 0 Å². The molecule has 0 aromatic heterocycles. The minimum absolute atomic E-state index is 0.432. The fourth-order valence-corrected chi connectivity index (χ4v) is 2.61. The predicted molar refractivity (Wildman–Crippen MR) is 77.5 cm³/mol. The molecule has 0 heterocycles. The highest BCUT2D eigenvalue weighted by Gasteiger charge is 2.11. The van der Waals surface area contributed by atoms with Gasteiger partial charge < -0.3 is 10.0 Å². The van der Waals surface area contributed by atoms with Crippen LogP contribution in [0.4, 0.5) is 5.69 Å². The fourth-order valence-electron chi connectivity index (χ4n) is 1.91. The zero-order valence-electron chi connectivity index (χ0n) is 11.1. The third kappa shape index (κ3) is 4.00. The Morgan fingerprint density at radius 2 is 1.94 bits per heavy atom. The van der Waals surface area contributed by atoms with E-state index in [2.05, 4.69) is 53.7 Å². The Labute approximate surface area is 113 Å². The summed E-state index contributed by atoms with van der Waals surface area (Å²) >= 11 is 3.52. The Morgan fingerprint density at radius 1 is 1.29 bits per heavy atom. The first-order valence-corrected chi connectivity index (χ1v) is 6.97.